The summed E-state index contributed by atoms with van der Waals surface area (Å²) in [7, 11) is -3.81. The molecule has 0 saturated heterocycles. The van der Waals surface area contributed by atoms with Crippen LogP contribution in [-0.4, -0.2) is 28.0 Å². The Morgan fingerprint density at radius 1 is 1.27 bits per heavy atom. The number of aryl methyl sites for hydroxylation is 1. The van der Waals surface area contributed by atoms with Crippen molar-refractivity contribution < 1.29 is 12.8 Å². The number of benzene rings is 1. The summed E-state index contributed by atoms with van der Waals surface area (Å²) >= 11 is 3.31. The number of halogens is 2. The van der Waals surface area contributed by atoms with Crippen molar-refractivity contribution in [2.75, 3.05) is 4.72 Å². The summed E-state index contributed by atoms with van der Waals surface area (Å²) in [4.78, 5) is 0.110. The molecule has 0 aliphatic carbocycles. The van der Waals surface area contributed by atoms with Gasteiger partial charge in [0, 0.05) is 12.7 Å². The van der Waals surface area contributed by atoms with E-state index in [-0.39, 0.29) is 16.5 Å². The van der Waals surface area contributed by atoms with Crippen LogP contribution in [0.25, 0.3) is 0 Å². The molecule has 138 valence electrons. The van der Waals surface area contributed by atoms with Crippen molar-refractivity contribution in [2.45, 2.75) is 31.8 Å². The molecule has 2 heterocycles. The topological polar surface area (TPSA) is 81.8 Å². The first-order chi connectivity index (χ1) is 12.3. The second-order valence-corrected chi connectivity index (χ2v) is 8.17. The first kappa shape index (κ1) is 18.6. The molecule has 3 aromatic rings. The van der Waals surface area contributed by atoms with Crippen LogP contribution in [0, 0.1) is 12.7 Å². The Hall–Kier alpha value is -2.20. The molecule has 3 rings (SSSR count). The normalized spacial score (nSPS) is 11.7. The third-order valence-electron chi connectivity index (χ3n) is 3.85. The Labute approximate surface area is 159 Å². The standard InChI is InChI=1S/C16H17BrFN5O2S/c1-3-23-11(2)15(8-19-23)26(24,25)21-16-14(17)10-22(20-16)9-12-4-6-13(18)7-5-12/h4-8,10H,3,9H2,1-2H3,(H,20,21). The lowest BCUT2D eigenvalue weighted by atomic mass is 10.2. The third-order valence-corrected chi connectivity index (χ3v) is 5.88. The molecule has 0 atom stereocenters. The lowest BCUT2D eigenvalue weighted by molar-refractivity contribution is 0.597. The van der Waals surface area contributed by atoms with Crippen LogP contribution < -0.4 is 4.72 Å². The van der Waals surface area contributed by atoms with Gasteiger partial charge in [-0.3, -0.25) is 14.1 Å². The number of nitrogens with one attached hydrogen (secondary N) is 1. The Balaban J connectivity index is 1.82. The Morgan fingerprint density at radius 3 is 2.58 bits per heavy atom. The zero-order valence-corrected chi connectivity index (χ0v) is 16.6. The van der Waals surface area contributed by atoms with E-state index < -0.39 is 10.0 Å². The molecule has 0 spiro atoms. The number of nitrogens with zero attached hydrogens (tertiary/aromatic N) is 4. The fourth-order valence-corrected chi connectivity index (χ4v) is 4.26. The molecule has 0 unspecified atom stereocenters. The highest BCUT2D eigenvalue weighted by atomic mass is 79.9. The van der Waals surface area contributed by atoms with Gasteiger partial charge in [0.15, 0.2) is 5.82 Å². The van der Waals surface area contributed by atoms with Crippen molar-refractivity contribution in [1.82, 2.24) is 19.6 Å². The molecule has 1 aromatic carbocycles. The van der Waals surface area contributed by atoms with Crippen LogP contribution in [0.4, 0.5) is 10.2 Å². The zero-order chi connectivity index (χ0) is 18.9. The number of sulfonamides is 1. The second-order valence-electron chi connectivity index (χ2n) is 5.67. The van der Waals surface area contributed by atoms with Crippen molar-refractivity contribution in [3.8, 4) is 0 Å². The summed E-state index contributed by atoms with van der Waals surface area (Å²) in [5.74, 6) is -0.136. The van der Waals surface area contributed by atoms with E-state index in [1.165, 1.54) is 18.3 Å². The predicted molar refractivity (Wildman–Crippen MR) is 98.9 cm³/mol. The maximum atomic E-state index is 13.0. The minimum atomic E-state index is -3.81. The van der Waals surface area contributed by atoms with Crippen molar-refractivity contribution in [2.24, 2.45) is 0 Å². The molecule has 0 radical (unpaired) electrons. The van der Waals surface area contributed by atoms with Crippen LogP contribution in [0.3, 0.4) is 0 Å². The molecular formula is C16H17BrFN5O2S. The summed E-state index contributed by atoms with van der Waals surface area (Å²) in [5.41, 5.74) is 1.40. The van der Waals surface area contributed by atoms with Gasteiger partial charge in [-0.1, -0.05) is 12.1 Å². The lowest BCUT2D eigenvalue weighted by Gasteiger charge is -2.06. The van der Waals surface area contributed by atoms with Crippen molar-refractivity contribution in [1.29, 1.82) is 0 Å². The second kappa shape index (κ2) is 7.20. The van der Waals surface area contributed by atoms with Gasteiger partial charge in [0.05, 0.1) is 22.9 Å². The highest BCUT2D eigenvalue weighted by Crippen LogP contribution is 2.25. The molecule has 0 bridgehead atoms. The molecule has 0 amide bonds. The van der Waals surface area contributed by atoms with E-state index in [0.29, 0.717) is 23.3 Å². The number of rotatable bonds is 6. The lowest BCUT2D eigenvalue weighted by Crippen LogP contribution is -2.15. The zero-order valence-electron chi connectivity index (χ0n) is 14.1. The predicted octanol–water partition coefficient (Wildman–Crippen LogP) is 3.16. The summed E-state index contributed by atoms with van der Waals surface area (Å²) in [5, 5.41) is 8.32. The summed E-state index contributed by atoms with van der Waals surface area (Å²) in [6, 6.07) is 6.03. The summed E-state index contributed by atoms with van der Waals surface area (Å²) in [6.07, 6.45) is 2.98. The van der Waals surface area contributed by atoms with E-state index in [9.17, 15) is 12.8 Å². The van der Waals surface area contributed by atoms with E-state index in [1.54, 1.807) is 34.6 Å². The fourth-order valence-electron chi connectivity index (χ4n) is 2.52. The summed E-state index contributed by atoms with van der Waals surface area (Å²) < 4.78 is 44.4. The minimum absolute atomic E-state index is 0.110. The van der Waals surface area contributed by atoms with Gasteiger partial charge in [0.25, 0.3) is 10.0 Å². The quantitative estimate of drug-likeness (QED) is 0.636. The van der Waals surface area contributed by atoms with Crippen molar-refractivity contribution in [3.05, 3.63) is 58.2 Å². The largest absolute Gasteiger partial charge is 0.269 e. The van der Waals surface area contributed by atoms with Crippen LogP contribution in [0.2, 0.25) is 0 Å². The van der Waals surface area contributed by atoms with Gasteiger partial charge in [-0.2, -0.15) is 10.2 Å². The number of aromatic nitrogens is 4. The highest BCUT2D eigenvalue weighted by Gasteiger charge is 2.23. The molecule has 26 heavy (non-hydrogen) atoms. The SMILES string of the molecule is CCn1ncc(S(=O)(=O)Nc2nn(Cc3ccc(F)cc3)cc2Br)c1C. The smallest absolute Gasteiger partial charge is 0.266 e. The van der Waals surface area contributed by atoms with Gasteiger partial charge in [-0.25, -0.2) is 12.8 Å². The van der Waals surface area contributed by atoms with Gasteiger partial charge in [0.1, 0.15) is 10.7 Å². The van der Waals surface area contributed by atoms with E-state index in [0.717, 1.165) is 5.56 Å². The van der Waals surface area contributed by atoms with Crippen molar-refractivity contribution in [3.63, 3.8) is 0 Å². The number of hydrogen-bond donors (Lipinski definition) is 1. The van der Waals surface area contributed by atoms with E-state index in [4.69, 9.17) is 0 Å². The van der Waals surface area contributed by atoms with Crippen LogP contribution >= 0.6 is 15.9 Å². The average molecular weight is 442 g/mol. The monoisotopic (exact) mass is 441 g/mol. The molecule has 2 aromatic heterocycles. The summed E-state index contributed by atoms with van der Waals surface area (Å²) in [6.45, 7) is 4.55. The van der Waals surface area contributed by atoms with E-state index >= 15 is 0 Å². The fraction of sp³-hybridized carbons (Fsp3) is 0.250. The molecule has 0 aliphatic heterocycles. The Bertz CT molecular complexity index is 1030. The maximum Gasteiger partial charge on any atom is 0.266 e. The van der Waals surface area contributed by atoms with Crippen LogP contribution in [0.5, 0.6) is 0 Å². The van der Waals surface area contributed by atoms with Gasteiger partial charge in [-0.15, -0.1) is 0 Å². The molecule has 0 aliphatic rings. The number of hydrogen-bond acceptors (Lipinski definition) is 4. The van der Waals surface area contributed by atoms with Gasteiger partial charge in [0.2, 0.25) is 0 Å². The van der Waals surface area contributed by atoms with E-state index in [2.05, 4.69) is 30.8 Å². The Kier molecular flexibility index (Phi) is 5.15. The van der Waals surface area contributed by atoms with Crippen molar-refractivity contribution >= 4 is 31.8 Å². The highest BCUT2D eigenvalue weighted by molar-refractivity contribution is 9.10. The molecule has 10 heteroatoms. The van der Waals surface area contributed by atoms with Crippen LogP contribution in [0.15, 0.2) is 46.0 Å². The Morgan fingerprint density at radius 2 is 1.96 bits per heavy atom. The number of anilines is 1. The van der Waals surface area contributed by atoms with E-state index in [1.807, 2.05) is 6.92 Å². The molecule has 1 N–H and O–H groups in total. The average Bonchev–Trinajstić information content (AvgIpc) is 3.12. The molecule has 7 nitrogen and oxygen atoms in total. The molecule has 0 saturated carbocycles. The van der Waals surface area contributed by atoms with Crippen LogP contribution in [-0.2, 0) is 23.1 Å². The molecule has 0 fully saturated rings. The van der Waals surface area contributed by atoms with Gasteiger partial charge >= 0.3 is 0 Å². The van der Waals surface area contributed by atoms with Gasteiger partial charge < -0.3 is 0 Å². The first-order valence-electron chi connectivity index (χ1n) is 7.82. The third kappa shape index (κ3) is 3.80. The van der Waals surface area contributed by atoms with Gasteiger partial charge in [-0.05, 0) is 47.5 Å². The minimum Gasteiger partial charge on any atom is -0.269 e. The van der Waals surface area contributed by atoms with Crippen LogP contribution in [0.1, 0.15) is 18.2 Å². The molecular weight excluding hydrogens is 425 g/mol. The maximum absolute atomic E-state index is 13.0. The first-order valence-corrected chi connectivity index (χ1v) is 10.1.